The first-order chi connectivity index (χ1) is 8.29. The zero-order valence-corrected chi connectivity index (χ0v) is 9.38. The van der Waals surface area contributed by atoms with E-state index in [-0.39, 0.29) is 12.6 Å². The number of anilines is 2. The standard InChI is InChI=1S/C13H15N3O/c14-11-6-7-13(15-8-11)16-12(9-17)10-4-2-1-3-5-10/h1-8,12,17H,9,14H2,(H,15,16). The highest BCUT2D eigenvalue weighted by Crippen LogP contribution is 2.17. The van der Waals surface area contributed by atoms with Crippen molar-refractivity contribution in [1.82, 2.24) is 4.98 Å². The van der Waals surface area contributed by atoms with Crippen LogP contribution in [-0.2, 0) is 0 Å². The molecular formula is C13H15N3O. The zero-order valence-electron chi connectivity index (χ0n) is 9.38. The van der Waals surface area contributed by atoms with Crippen LogP contribution in [0.1, 0.15) is 11.6 Å². The summed E-state index contributed by atoms with van der Waals surface area (Å²) in [5.74, 6) is 0.696. The van der Waals surface area contributed by atoms with E-state index in [1.807, 2.05) is 30.3 Å². The fourth-order valence-corrected chi connectivity index (χ4v) is 1.59. The van der Waals surface area contributed by atoms with Gasteiger partial charge in [0, 0.05) is 0 Å². The van der Waals surface area contributed by atoms with E-state index in [9.17, 15) is 5.11 Å². The van der Waals surface area contributed by atoms with Gasteiger partial charge in [-0.1, -0.05) is 30.3 Å². The smallest absolute Gasteiger partial charge is 0.126 e. The second-order valence-electron chi connectivity index (χ2n) is 3.77. The van der Waals surface area contributed by atoms with Crippen LogP contribution >= 0.6 is 0 Å². The van der Waals surface area contributed by atoms with Gasteiger partial charge in [0.2, 0.25) is 0 Å². The molecule has 1 aromatic carbocycles. The van der Waals surface area contributed by atoms with Crippen molar-refractivity contribution in [2.75, 3.05) is 17.7 Å². The first kappa shape index (κ1) is 11.4. The summed E-state index contributed by atoms with van der Waals surface area (Å²) in [6.45, 7) is 0.00999. The second-order valence-corrected chi connectivity index (χ2v) is 3.77. The van der Waals surface area contributed by atoms with E-state index in [4.69, 9.17) is 5.73 Å². The third-order valence-corrected chi connectivity index (χ3v) is 2.49. The Morgan fingerprint density at radius 2 is 1.94 bits per heavy atom. The van der Waals surface area contributed by atoms with Crippen molar-refractivity contribution in [3.63, 3.8) is 0 Å². The Balaban J connectivity index is 2.13. The van der Waals surface area contributed by atoms with Crippen LogP contribution in [0.25, 0.3) is 0 Å². The maximum Gasteiger partial charge on any atom is 0.126 e. The molecule has 4 nitrogen and oxygen atoms in total. The van der Waals surface area contributed by atoms with E-state index in [1.165, 1.54) is 0 Å². The Morgan fingerprint density at radius 1 is 1.18 bits per heavy atom. The molecule has 1 unspecified atom stereocenters. The molecule has 0 amide bonds. The average Bonchev–Trinajstić information content (AvgIpc) is 2.39. The Labute approximate surface area is 100 Å². The molecule has 0 saturated heterocycles. The predicted molar refractivity (Wildman–Crippen MR) is 68.5 cm³/mol. The number of aliphatic hydroxyl groups is 1. The minimum absolute atomic E-state index is 0.00999. The van der Waals surface area contributed by atoms with Crippen molar-refractivity contribution in [3.05, 3.63) is 54.2 Å². The number of hydrogen-bond donors (Lipinski definition) is 3. The van der Waals surface area contributed by atoms with Gasteiger partial charge >= 0.3 is 0 Å². The number of nitrogen functional groups attached to an aromatic ring is 1. The lowest BCUT2D eigenvalue weighted by Crippen LogP contribution is -2.15. The maximum absolute atomic E-state index is 9.38. The Bertz CT molecular complexity index is 456. The minimum Gasteiger partial charge on any atom is -0.397 e. The molecule has 17 heavy (non-hydrogen) atoms. The largest absolute Gasteiger partial charge is 0.397 e. The van der Waals surface area contributed by atoms with Gasteiger partial charge in [-0.3, -0.25) is 0 Å². The number of nitrogens with one attached hydrogen (secondary N) is 1. The predicted octanol–water partition coefficient (Wildman–Crippen LogP) is 1.81. The summed E-state index contributed by atoms with van der Waals surface area (Å²) < 4.78 is 0. The van der Waals surface area contributed by atoms with Crippen molar-refractivity contribution < 1.29 is 5.11 Å². The highest BCUT2D eigenvalue weighted by atomic mass is 16.3. The number of pyridine rings is 1. The number of nitrogens with two attached hydrogens (primary N) is 1. The summed E-state index contributed by atoms with van der Waals surface area (Å²) in [7, 11) is 0. The van der Waals surface area contributed by atoms with E-state index in [2.05, 4.69) is 10.3 Å². The highest BCUT2D eigenvalue weighted by Gasteiger charge is 2.09. The van der Waals surface area contributed by atoms with E-state index in [0.29, 0.717) is 11.5 Å². The Kier molecular flexibility index (Phi) is 3.57. The summed E-state index contributed by atoms with van der Waals surface area (Å²) in [6.07, 6.45) is 1.59. The quantitative estimate of drug-likeness (QED) is 0.747. The summed E-state index contributed by atoms with van der Waals surface area (Å²) in [5.41, 5.74) is 7.20. The molecule has 0 radical (unpaired) electrons. The topological polar surface area (TPSA) is 71.2 Å². The fraction of sp³-hybridized carbons (Fsp3) is 0.154. The van der Waals surface area contributed by atoms with Crippen molar-refractivity contribution in [2.24, 2.45) is 0 Å². The van der Waals surface area contributed by atoms with Gasteiger partial charge < -0.3 is 16.2 Å². The van der Waals surface area contributed by atoms with Gasteiger partial charge in [0.1, 0.15) is 5.82 Å². The van der Waals surface area contributed by atoms with Crippen LogP contribution in [0.2, 0.25) is 0 Å². The van der Waals surface area contributed by atoms with Crippen LogP contribution in [0.4, 0.5) is 11.5 Å². The van der Waals surface area contributed by atoms with Crippen LogP contribution in [0.15, 0.2) is 48.7 Å². The van der Waals surface area contributed by atoms with Gasteiger partial charge in [0.25, 0.3) is 0 Å². The molecule has 0 aliphatic rings. The molecule has 0 aliphatic heterocycles. The van der Waals surface area contributed by atoms with Gasteiger partial charge in [-0.25, -0.2) is 4.98 Å². The highest BCUT2D eigenvalue weighted by molar-refractivity contribution is 5.45. The second kappa shape index (κ2) is 5.32. The lowest BCUT2D eigenvalue weighted by atomic mass is 10.1. The van der Waals surface area contributed by atoms with Crippen molar-refractivity contribution in [2.45, 2.75) is 6.04 Å². The number of aromatic nitrogens is 1. The molecule has 2 rings (SSSR count). The summed E-state index contributed by atoms with van der Waals surface area (Å²) in [6, 6.07) is 13.2. The maximum atomic E-state index is 9.38. The number of hydrogen-bond acceptors (Lipinski definition) is 4. The molecule has 4 heteroatoms. The molecule has 0 saturated carbocycles. The van der Waals surface area contributed by atoms with Crippen molar-refractivity contribution in [3.8, 4) is 0 Å². The molecule has 2 aromatic rings. The van der Waals surface area contributed by atoms with E-state index < -0.39 is 0 Å². The van der Waals surface area contributed by atoms with Crippen LogP contribution in [-0.4, -0.2) is 16.7 Å². The summed E-state index contributed by atoms with van der Waals surface area (Å²) in [5, 5.41) is 12.5. The molecule has 88 valence electrons. The molecular weight excluding hydrogens is 214 g/mol. The van der Waals surface area contributed by atoms with Gasteiger partial charge in [-0.15, -0.1) is 0 Å². The van der Waals surface area contributed by atoms with E-state index in [1.54, 1.807) is 18.3 Å². The first-order valence-corrected chi connectivity index (χ1v) is 5.43. The number of benzene rings is 1. The van der Waals surface area contributed by atoms with Crippen LogP contribution in [0.5, 0.6) is 0 Å². The lowest BCUT2D eigenvalue weighted by molar-refractivity contribution is 0.276. The molecule has 1 atom stereocenters. The SMILES string of the molecule is Nc1ccc(NC(CO)c2ccccc2)nc1. The molecule has 0 spiro atoms. The molecule has 4 N–H and O–H groups in total. The third kappa shape index (κ3) is 2.95. The third-order valence-electron chi connectivity index (χ3n) is 2.49. The van der Waals surface area contributed by atoms with Gasteiger partial charge in [0.05, 0.1) is 24.5 Å². The van der Waals surface area contributed by atoms with E-state index >= 15 is 0 Å². The first-order valence-electron chi connectivity index (χ1n) is 5.43. The number of nitrogens with zero attached hydrogens (tertiary/aromatic N) is 1. The van der Waals surface area contributed by atoms with Crippen molar-refractivity contribution >= 4 is 11.5 Å². The van der Waals surface area contributed by atoms with E-state index in [0.717, 1.165) is 5.56 Å². The Morgan fingerprint density at radius 3 is 2.53 bits per heavy atom. The number of aliphatic hydroxyl groups excluding tert-OH is 1. The molecule has 0 bridgehead atoms. The van der Waals surface area contributed by atoms with Gasteiger partial charge in [0.15, 0.2) is 0 Å². The Hall–Kier alpha value is -2.07. The normalized spacial score (nSPS) is 12.1. The number of rotatable bonds is 4. The van der Waals surface area contributed by atoms with Gasteiger partial charge in [-0.2, -0.15) is 0 Å². The fourth-order valence-electron chi connectivity index (χ4n) is 1.59. The molecule has 0 aliphatic carbocycles. The van der Waals surface area contributed by atoms with Crippen LogP contribution in [0, 0.1) is 0 Å². The van der Waals surface area contributed by atoms with Crippen LogP contribution in [0.3, 0.4) is 0 Å². The van der Waals surface area contributed by atoms with Gasteiger partial charge in [-0.05, 0) is 17.7 Å². The zero-order chi connectivity index (χ0) is 12.1. The molecule has 0 fully saturated rings. The average molecular weight is 229 g/mol. The lowest BCUT2D eigenvalue weighted by Gasteiger charge is -2.17. The minimum atomic E-state index is -0.160. The summed E-state index contributed by atoms with van der Waals surface area (Å²) >= 11 is 0. The van der Waals surface area contributed by atoms with Crippen molar-refractivity contribution in [1.29, 1.82) is 0 Å². The molecule has 1 heterocycles. The van der Waals surface area contributed by atoms with Crippen LogP contribution < -0.4 is 11.1 Å². The molecule has 1 aromatic heterocycles. The summed E-state index contributed by atoms with van der Waals surface area (Å²) in [4.78, 5) is 4.14. The monoisotopic (exact) mass is 229 g/mol.